The molecule has 1 aliphatic rings. The van der Waals surface area contributed by atoms with Crippen LogP contribution in [0.5, 0.6) is 0 Å². The van der Waals surface area contributed by atoms with E-state index in [1.807, 2.05) is 24.5 Å². The summed E-state index contributed by atoms with van der Waals surface area (Å²) in [4.78, 5) is 7.39. The van der Waals surface area contributed by atoms with Gasteiger partial charge in [0.15, 0.2) is 0 Å². The first-order chi connectivity index (χ1) is 13.2. The molecule has 0 unspecified atom stereocenters. The molecule has 4 rings (SSSR count). The molecule has 0 atom stereocenters. The Hall–Kier alpha value is -2.70. The Morgan fingerprint density at radius 3 is 2.79 bits per heavy atom. The molecule has 1 fully saturated rings. The minimum atomic E-state index is -3.43. The molecule has 1 N–H and O–H groups in total. The lowest BCUT2D eigenvalue weighted by atomic mass is 9.89. The molecule has 0 amide bonds. The Morgan fingerprint density at radius 2 is 2.11 bits per heavy atom. The van der Waals surface area contributed by atoms with Gasteiger partial charge in [-0.25, -0.2) is 13.4 Å². The number of nitriles is 1. The molecule has 0 aromatic carbocycles. The average Bonchev–Trinajstić information content (AvgIpc) is 3.25. The van der Waals surface area contributed by atoms with Crippen molar-refractivity contribution in [2.24, 2.45) is 0 Å². The number of H-pyrrole nitrogens is 1. The number of sulfonamides is 1. The van der Waals surface area contributed by atoms with E-state index in [2.05, 4.69) is 21.1 Å². The molecule has 0 bridgehead atoms. The van der Waals surface area contributed by atoms with E-state index in [0.717, 1.165) is 22.2 Å². The third-order valence-corrected chi connectivity index (χ3v) is 7.79. The van der Waals surface area contributed by atoms with Crippen LogP contribution in [0, 0.1) is 11.3 Å². The van der Waals surface area contributed by atoms with E-state index < -0.39 is 20.3 Å². The molecule has 9 heteroatoms. The van der Waals surface area contributed by atoms with Crippen LogP contribution in [0.3, 0.4) is 0 Å². The summed E-state index contributed by atoms with van der Waals surface area (Å²) in [7, 11) is -3.43. The lowest BCUT2D eigenvalue weighted by Gasteiger charge is -2.49. The summed E-state index contributed by atoms with van der Waals surface area (Å²) in [5, 5.41) is 14.8. The van der Waals surface area contributed by atoms with Gasteiger partial charge in [0.1, 0.15) is 11.2 Å². The number of rotatable bonds is 4. The molecule has 0 radical (unpaired) electrons. The minimum absolute atomic E-state index is 0. The van der Waals surface area contributed by atoms with Crippen molar-refractivity contribution in [1.82, 2.24) is 24.1 Å². The zero-order valence-electron chi connectivity index (χ0n) is 16.0. The van der Waals surface area contributed by atoms with E-state index in [-0.39, 0.29) is 20.9 Å². The summed E-state index contributed by atoms with van der Waals surface area (Å²) < 4.78 is 27.7. The van der Waals surface area contributed by atoms with Gasteiger partial charge in [0, 0.05) is 44.1 Å². The van der Waals surface area contributed by atoms with E-state index in [4.69, 9.17) is 0 Å². The van der Waals surface area contributed by atoms with Gasteiger partial charge in [-0.3, -0.25) is 4.68 Å². The summed E-state index contributed by atoms with van der Waals surface area (Å²) in [5.41, 5.74) is 2.04. The van der Waals surface area contributed by atoms with Crippen LogP contribution in [0.4, 0.5) is 0 Å². The standard InChI is InChI=1S/C19H22N6O2S.H2/c1-18(2,3)28(26,27)24-12-19(13-24,6-7-20)25-11-14(10-23-25)15-4-8-21-17-16(15)5-9-22-17;/h4-5,8-11H,6,12-13H2,1-3H3,(H,21,22);1H. The molecule has 28 heavy (non-hydrogen) atoms. The van der Waals surface area contributed by atoms with Crippen LogP contribution in [0.1, 0.15) is 28.6 Å². The van der Waals surface area contributed by atoms with Crippen LogP contribution >= 0.6 is 0 Å². The number of aromatic amines is 1. The number of nitrogens with zero attached hydrogens (tertiary/aromatic N) is 5. The first kappa shape index (κ1) is 18.7. The second-order valence-electron chi connectivity index (χ2n) is 8.22. The summed E-state index contributed by atoms with van der Waals surface area (Å²) in [6.07, 6.45) is 7.41. The SMILES string of the molecule is CC(C)(C)S(=O)(=O)N1CC(CC#N)(n2cc(-c3ccnc4[nH]ccc34)cn2)C1.[HH]. The Labute approximate surface area is 165 Å². The zero-order chi connectivity index (χ0) is 20.2. The van der Waals surface area contributed by atoms with Gasteiger partial charge >= 0.3 is 0 Å². The van der Waals surface area contributed by atoms with Crippen LogP contribution in [0.15, 0.2) is 36.9 Å². The molecule has 3 aromatic heterocycles. The summed E-state index contributed by atoms with van der Waals surface area (Å²) in [6.45, 7) is 5.55. The van der Waals surface area contributed by atoms with Crippen LogP contribution in [-0.2, 0) is 15.6 Å². The summed E-state index contributed by atoms with van der Waals surface area (Å²) >= 11 is 0. The fourth-order valence-electron chi connectivity index (χ4n) is 3.59. The molecule has 1 saturated heterocycles. The maximum absolute atomic E-state index is 12.7. The monoisotopic (exact) mass is 400 g/mol. The normalized spacial score (nSPS) is 17.4. The lowest BCUT2D eigenvalue weighted by molar-refractivity contribution is 0.0699. The lowest BCUT2D eigenvalue weighted by Crippen LogP contribution is -2.66. The van der Waals surface area contributed by atoms with Gasteiger partial charge in [0.05, 0.1) is 23.4 Å². The van der Waals surface area contributed by atoms with Crippen LogP contribution in [0.25, 0.3) is 22.2 Å². The predicted molar refractivity (Wildman–Crippen MR) is 108 cm³/mol. The van der Waals surface area contributed by atoms with Crippen molar-refractivity contribution in [2.45, 2.75) is 37.5 Å². The van der Waals surface area contributed by atoms with Gasteiger partial charge in [0.25, 0.3) is 0 Å². The van der Waals surface area contributed by atoms with Crippen molar-refractivity contribution < 1.29 is 9.84 Å². The van der Waals surface area contributed by atoms with Crippen LogP contribution in [-0.4, -0.2) is 50.3 Å². The van der Waals surface area contributed by atoms with Gasteiger partial charge in [-0.2, -0.15) is 14.7 Å². The first-order valence-corrected chi connectivity index (χ1v) is 10.5. The van der Waals surface area contributed by atoms with E-state index in [1.54, 1.807) is 37.8 Å². The Balaban J connectivity index is 0.00000240. The molecule has 0 spiro atoms. The minimum Gasteiger partial charge on any atom is -0.346 e. The highest BCUT2D eigenvalue weighted by Gasteiger charge is 2.52. The molecule has 4 heterocycles. The third kappa shape index (κ3) is 2.72. The van der Waals surface area contributed by atoms with Crippen molar-refractivity contribution in [3.8, 4) is 17.2 Å². The molecule has 148 valence electrons. The largest absolute Gasteiger partial charge is 0.346 e. The van der Waals surface area contributed by atoms with Crippen molar-refractivity contribution in [3.05, 3.63) is 36.9 Å². The maximum atomic E-state index is 12.7. The number of nitrogens with one attached hydrogen (secondary N) is 1. The maximum Gasteiger partial charge on any atom is 0.219 e. The van der Waals surface area contributed by atoms with Crippen molar-refractivity contribution in [3.63, 3.8) is 0 Å². The molecule has 0 saturated carbocycles. The Bertz CT molecular complexity index is 1180. The fourth-order valence-corrected chi connectivity index (χ4v) is 5.18. The van der Waals surface area contributed by atoms with E-state index in [9.17, 15) is 13.7 Å². The predicted octanol–water partition coefficient (Wildman–Crippen LogP) is 2.73. The highest BCUT2D eigenvalue weighted by molar-refractivity contribution is 7.90. The number of aromatic nitrogens is 4. The van der Waals surface area contributed by atoms with Gasteiger partial charge in [-0.15, -0.1) is 0 Å². The smallest absolute Gasteiger partial charge is 0.219 e. The molecule has 0 aliphatic carbocycles. The van der Waals surface area contributed by atoms with E-state index in [0.29, 0.717) is 0 Å². The van der Waals surface area contributed by atoms with Crippen LogP contribution < -0.4 is 0 Å². The summed E-state index contributed by atoms with van der Waals surface area (Å²) in [5.74, 6) is 0. The van der Waals surface area contributed by atoms with E-state index >= 15 is 0 Å². The van der Waals surface area contributed by atoms with Crippen molar-refractivity contribution in [1.29, 1.82) is 5.26 Å². The summed E-state index contributed by atoms with van der Waals surface area (Å²) in [6, 6.07) is 6.08. The highest BCUT2D eigenvalue weighted by Crippen LogP contribution is 2.38. The number of pyridine rings is 1. The number of hydrogen-bond donors (Lipinski definition) is 1. The Morgan fingerprint density at radius 1 is 1.36 bits per heavy atom. The van der Waals surface area contributed by atoms with Gasteiger partial charge < -0.3 is 4.98 Å². The molecule has 3 aromatic rings. The fraction of sp³-hybridized carbons (Fsp3) is 0.421. The molecule has 1 aliphatic heterocycles. The average molecular weight is 401 g/mol. The quantitative estimate of drug-likeness (QED) is 0.724. The highest BCUT2D eigenvalue weighted by atomic mass is 32.2. The number of fused-ring (bicyclic) bond motifs is 1. The van der Waals surface area contributed by atoms with Gasteiger partial charge in [-0.1, -0.05) is 0 Å². The van der Waals surface area contributed by atoms with Crippen LogP contribution in [0.2, 0.25) is 0 Å². The molecular weight excluding hydrogens is 376 g/mol. The van der Waals surface area contributed by atoms with E-state index in [1.165, 1.54) is 4.31 Å². The second-order valence-corrected chi connectivity index (χ2v) is 10.9. The van der Waals surface area contributed by atoms with Gasteiger partial charge in [-0.05, 0) is 38.5 Å². The second kappa shape index (κ2) is 6.15. The zero-order valence-corrected chi connectivity index (χ0v) is 16.9. The first-order valence-electron chi connectivity index (χ1n) is 9.02. The Kier molecular flexibility index (Phi) is 4.10. The molecule has 8 nitrogen and oxygen atoms in total. The van der Waals surface area contributed by atoms with Crippen molar-refractivity contribution in [2.75, 3.05) is 13.1 Å². The topological polar surface area (TPSA) is 108 Å². The van der Waals surface area contributed by atoms with Gasteiger partial charge in [0.2, 0.25) is 10.0 Å². The number of hydrogen-bond acceptors (Lipinski definition) is 5. The van der Waals surface area contributed by atoms with Crippen molar-refractivity contribution >= 4 is 21.1 Å². The molecular formula is C19H24N6O2S. The third-order valence-electron chi connectivity index (χ3n) is 5.30.